The van der Waals surface area contributed by atoms with E-state index in [-0.39, 0.29) is 6.54 Å². The average molecular weight is 325 g/mol. The molecule has 110 valence electrons. The lowest BCUT2D eigenvalue weighted by Crippen LogP contribution is -2.29. The summed E-state index contributed by atoms with van der Waals surface area (Å²) in [6.45, 7) is 2.15. The Morgan fingerprint density at radius 2 is 2.00 bits per heavy atom. The van der Waals surface area contributed by atoms with E-state index < -0.39 is 12.0 Å². The third-order valence-corrected chi connectivity index (χ3v) is 3.43. The highest BCUT2D eigenvalue weighted by Crippen LogP contribution is 2.23. The number of aliphatic hydroxyl groups excluding tert-OH is 1. The standard InChI is InChI=1S/C15H14Cl2N2O2/c1-9-3-2-4-18-13(9)8-19-15(21)14(20)10-5-11(16)7-12(17)6-10/h2-7,14,20H,8H2,1H3,(H,19,21). The fourth-order valence-corrected chi connectivity index (χ4v) is 2.40. The first-order valence-electron chi connectivity index (χ1n) is 6.29. The van der Waals surface area contributed by atoms with Crippen molar-refractivity contribution in [3.05, 3.63) is 63.4 Å². The van der Waals surface area contributed by atoms with Crippen LogP contribution in [0.3, 0.4) is 0 Å². The Hall–Kier alpha value is -1.62. The van der Waals surface area contributed by atoms with Crippen LogP contribution in [0.15, 0.2) is 36.5 Å². The molecule has 1 aromatic carbocycles. The lowest BCUT2D eigenvalue weighted by Gasteiger charge is -2.13. The summed E-state index contributed by atoms with van der Waals surface area (Å²) in [5, 5.41) is 13.4. The number of nitrogens with one attached hydrogen (secondary N) is 1. The number of amides is 1. The van der Waals surface area contributed by atoms with E-state index >= 15 is 0 Å². The predicted octanol–water partition coefficient (Wildman–Crippen LogP) is 3.05. The summed E-state index contributed by atoms with van der Waals surface area (Å²) < 4.78 is 0. The van der Waals surface area contributed by atoms with Crippen LogP contribution in [0.25, 0.3) is 0 Å². The average Bonchev–Trinajstić information content (AvgIpc) is 2.44. The quantitative estimate of drug-likeness (QED) is 0.908. The Labute approximate surface area is 132 Å². The van der Waals surface area contributed by atoms with Crippen molar-refractivity contribution in [3.8, 4) is 0 Å². The van der Waals surface area contributed by atoms with Gasteiger partial charge in [-0.1, -0.05) is 29.3 Å². The number of aromatic nitrogens is 1. The number of carbonyl (C=O) groups is 1. The van der Waals surface area contributed by atoms with Gasteiger partial charge in [0.2, 0.25) is 0 Å². The number of benzene rings is 1. The molecule has 0 aliphatic rings. The number of aryl methyl sites for hydroxylation is 1. The highest BCUT2D eigenvalue weighted by molar-refractivity contribution is 6.34. The van der Waals surface area contributed by atoms with E-state index in [1.165, 1.54) is 18.2 Å². The predicted molar refractivity (Wildman–Crippen MR) is 82.2 cm³/mol. The molecule has 0 saturated carbocycles. The van der Waals surface area contributed by atoms with E-state index in [1.807, 2.05) is 19.1 Å². The molecule has 2 N–H and O–H groups in total. The van der Waals surface area contributed by atoms with Crippen LogP contribution in [0.2, 0.25) is 10.0 Å². The second kappa shape index (κ2) is 6.89. The number of pyridine rings is 1. The lowest BCUT2D eigenvalue weighted by atomic mass is 10.1. The third kappa shape index (κ3) is 4.17. The van der Waals surface area contributed by atoms with Gasteiger partial charge in [-0.2, -0.15) is 0 Å². The van der Waals surface area contributed by atoms with E-state index in [4.69, 9.17) is 23.2 Å². The maximum atomic E-state index is 12.0. The Bertz CT molecular complexity index is 642. The van der Waals surface area contributed by atoms with Crippen LogP contribution >= 0.6 is 23.2 Å². The lowest BCUT2D eigenvalue weighted by molar-refractivity contribution is -0.129. The second-order valence-electron chi connectivity index (χ2n) is 4.59. The topological polar surface area (TPSA) is 62.2 Å². The number of hydrogen-bond acceptors (Lipinski definition) is 3. The molecule has 0 fully saturated rings. The summed E-state index contributed by atoms with van der Waals surface area (Å²) in [5.74, 6) is -0.529. The van der Waals surface area contributed by atoms with Crippen molar-refractivity contribution in [2.75, 3.05) is 0 Å². The van der Waals surface area contributed by atoms with Crippen LogP contribution in [0.5, 0.6) is 0 Å². The molecule has 21 heavy (non-hydrogen) atoms. The zero-order valence-electron chi connectivity index (χ0n) is 11.3. The summed E-state index contributed by atoms with van der Waals surface area (Å²) in [6.07, 6.45) is 0.326. The van der Waals surface area contributed by atoms with Crippen LogP contribution in [0, 0.1) is 6.92 Å². The van der Waals surface area contributed by atoms with Gasteiger partial charge < -0.3 is 10.4 Å². The molecule has 6 heteroatoms. The Balaban J connectivity index is 2.04. The van der Waals surface area contributed by atoms with Crippen molar-refractivity contribution in [1.29, 1.82) is 0 Å². The van der Waals surface area contributed by atoms with Crippen LogP contribution in [-0.4, -0.2) is 16.0 Å². The molecular formula is C15H14Cl2N2O2. The molecule has 1 aromatic heterocycles. The fourth-order valence-electron chi connectivity index (χ4n) is 1.86. The smallest absolute Gasteiger partial charge is 0.253 e. The van der Waals surface area contributed by atoms with Gasteiger partial charge in [-0.15, -0.1) is 0 Å². The zero-order chi connectivity index (χ0) is 15.4. The normalized spacial score (nSPS) is 12.0. The Morgan fingerprint density at radius 3 is 2.62 bits per heavy atom. The first kappa shape index (κ1) is 15.8. The zero-order valence-corrected chi connectivity index (χ0v) is 12.8. The second-order valence-corrected chi connectivity index (χ2v) is 5.46. The fraction of sp³-hybridized carbons (Fsp3) is 0.200. The molecule has 0 spiro atoms. The van der Waals surface area contributed by atoms with Gasteiger partial charge >= 0.3 is 0 Å². The SMILES string of the molecule is Cc1cccnc1CNC(=O)C(O)c1cc(Cl)cc(Cl)c1. The molecule has 0 bridgehead atoms. The Kier molecular flexibility index (Phi) is 5.17. The maximum absolute atomic E-state index is 12.0. The first-order chi connectivity index (χ1) is 9.97. The van der Waals surface area contributed by atoms with Gasteiger partial charge in [-0.3, -0.25) is 9.78 Å². The van der Waals surface area contributed by atoms with E-state index in [9.17, 15) is 9.90 Å². The van der Waals surface area contributed by atoms with E-state index in [0.29, 0.717) is 15.6 Å². The summed E-state index contributed by atoms with van der Waals surface area (Å²) >= 11 is 11.7. The number of halogens is 2. The highest BCUT2D eigenvalue weighted by Gasteiger charge is 2.18. The van der Waals surface area contributed by atoms with Crippen molar-refractivity contribution in [2.45, 2.75) is 19.6 Å². The summed E-state index contributed by atoms with van der Waals surface area (Å²) in [6, 6.07) is 8.27. The largest absolute Gasteiger partial charge is 0.378 e. The minimum absolute atomic E-state index is 0.247. The molecule has 0 saturated heterocycles. The number of nitrogens with zero attached hydrogens (tertiary/aromatic N) is 1. The van der Waals surface area contributed by atoms with Gasteiger partial charge in [0.15, 0.2) is 6.10 Å². The maximum Gasteiger partial charge on any atom is 0.253 e. The summed E-state index contributed by atoms with van der Waals surface area (Å²) in [4.78, 5) is 16.1. The van der Waals surface area contributed by atoms with Gasteiger partial charge in [0, 0.05) is 16.2 Å². The molecule has 1 amide bonds. The van der Waals surface area contributed by atoms with Crippen molar-refractivity contribution in [2.24, 2.45) is 0 Å². The monoisotopic (exact) mass is 324 g/mol. The summed E-state index contributed by atoms with van der Waals surface area (Å²) in [7, 11) is 0. The van der Waals surface area contributed by atoms with Crippen LogP contribution in [0.4, 0.5) is 0 Å². The minimum atomic E-state index is -1.33. The number of hydrogen-bond donors (Lipinski definition) is 2. The number of aliphatic hydroxyl groups is 1. The van der Waals surface area contributed by atoms with Gasteiger partial charge in [0.25, 0.3) is 5.91 Å². The van der Waals surface area contributed by atoms with Crippen LogP contribution in [0.1, 0.15) is 22.9 Å². The van der Waals surface area contributed by atoms with Crippen molar-refractivity contribution in [1.82, 2.24) is 10.3 Å². The van der Waals surface area contributed by atoms with Gasteiger partial charge in [0.05, 0.1) is 12.2 Å². The molecule has 1 atom stereocenters. The molecule has 0 aliphatic carbocycles. The van der Waals surface area contributed by atoms with Crippen molar-refractivity contribution < 1.29 is 9.90 Å². The number of rotatable bonds is 4. The van der Waals surface area contributed by atoms with E-state index in [0.717, 1.165) is 11.3 Å². The molecule has 2 rings (SSSR count). The van der Waals surface area contributed by atoms with Gasteiger partial charge in [-0.25, -0.2) is 0 Å². The van der Waals surface area contributed by atoms with E-state index in [1.54, 1.807) is 6.20 Å². The molecular weight excluding hydrogens is 311 g/mol. The van der Waals surface area contributed by atoms with Gasteiger partial charge in [-0.05, 0) is 42.3 Å². The molecule has 4 nitrogen and oxygen atoms in total. The highest BCUT2D eigenvalue weighted by atomic mass is 35.5. The molecule has 1 unspecified atom stereocenters. The van der Waals surface area contributed by atoms with Gasteiger partial charge in [0.1, 0.15) is 0 Å². The number of carbonyl (C=O) groups excluding carboxylic acids is 1. The summed E-state index contributed by atoms with van der Waals surface area (Å²) in [5.41, 5.74) is 2.07. The van der Waals surface area contributed by atoms with E-state index in [2.05, 4.69) is 10.3 Å². The molecule has 0 radical (unpaired) electrons. The first-order valence-corrected chi connectivity index (χ1v) is 7.05. The van der Waals surface area contributed by atoms with Crippen molar-refractivity contribution >= 4 is 29.1 Å². The minimum Gasteiger partial charge on any atom is -0.378 e. The van der Waals surface area contributed by atoms with Crippen LogP contribution < -0.4 is 5.32 Å². The van der Waals surface area contributed by atoms with Crippen LogP contribution in [-0.2, 0) is 11.3 Å². The molecule has 2 aromatic rings. The van der Waals surface area contributed by atoms with Crippen molar-refractivity contribution in [3.63, 3.8) is 0 Å². The Morgan fingerprint density at radius 1 is 1.33 bits per heavy atom. The molecule has 1 heterocycles. The molecule has 0 aliphatic heterocycles. The third-order valence-electron chi connectivity index (χ3n) is 3.00.